The summed E-state index contributed by atoms with van der Waals surface area (Å²) in [6, 6.07) is 4.28. The number of halogens is 1. The van der Waals surface area contributed by atoms with E-state index >= 15 is 0 Å². The van der Waals surface area contributed by atoms with Crippen LogP contribution in [0.15, 0.2) is 18.2 Å². The fourth-order valence-electron chi connectivity index (χ4n) is 1.40. The van der Waals surface area contributed by atoms with E-state index in [9.17, 15) is 9.59 Å². The van der Waals surface area contributed by atoms with Crippen molar-refractivity contribution in [1.82, 2.24) is 5.32 Å². The van der Waals surface area contributed by atoms with Gasteiger partial charge in [0.1, 0.15) is 5.75 Å². The number of carbonyl (C=O) groups is 2. The zero-order valence-electron chi connectivity index (χ0n) is 10.8. The van der Waals surface area contributed by atoms with E-state index in [1.54, 1.807) is 0 Å². The van der Waals surface area contributed by atoms with E-state index in [0.717, 1.165) is 0 Å². The Hall–Kier alpha value is -1.75. The Labute approximate surface area is 116 Å². The normalized spacial score (nSPS) is 10.3. The molecule has 0 radical (unpaired) electrons. The van der Waals surface area contributed by atoms with Crippen molar-refractivity contribution in [2.45, 2.75) is 26.3 Å². The van der Waals surface area contributed by atoms with Crippen molar-refractivity contribution in [3.63, 3.8) is 0 Å². The molecule has 1 amide bonds. The maximum absolute atomic E-state index is 11.4. The molecule has 0 saturated heterocycles. The number of carbonyl (C=O) groups excluding carboxylic acids is 1. The Balaban J connectivity index is 2.50. The quantitative estimate of drug-likeness (QED) is 0.841. The number of ether oxygens (including phenoxy) is 1. The van der Waals surface area contributed by atoms with Gasteiger partial charge in [-0.1, -0.05) is 11.6 Å². The van der Waals surface area contributed by atoms with Crippen LogP contribution in [0, 0.1) is 0 Å². The van der Waals surface area contributed by atoms with Gasteiger partial charge in [0.2, 0.25) is 5.91 Å². The van der Waals surface area contributed by atoms with Gasteiger partial charge in [-0.15, -0.1) is 0 Å². The molecule has 0 aliphatic heterocycles. The number of benzene rings is 1. The Morgan fingerprint density at radius 1 is 1.42 bits per heavy atom. The van der Waals surface area contributed by atoms with E-state index in [4.69, 9.17) is 21.4 Å². The van der Waals surface area contributed by atoms with Crippen molar-refractivity contribution in [3.8, 4) is 5.75 Å². The Bertz CT molecular complexity index is 474. The number of aromatic carboxylic acids is 1. The van der Waals surface area contributed by atoms with Crippen LogP contribution in [0.2, 0.25) is 5.02 Å². The molecule has 0 unspecified atom stereocenters. The van der Waals surface area contributed by atoms with Gasteiger partial charge in [0.25, 0.3) is 0 Å². The van der Waals surface area contributed by atoms with Gasteiger partial charge < -0.3 is 15.2 Å². The van der Waals surface area contributed by atoms with Gasteiger partial charge >= 0.3 is 5.97 Å². The molecule has 1 rings (SSSR count). The summed E-state index contributed by atoms with van der Waals surface area (Å²) in [5, 5.41) is 11.7. The molecule has 0 spiro atoms. The summed E-state index contributed by atoms with van der Waals surface area (Å²) in [7, 11) is 0. The summed E-state index contributed by atoms with van der Waals surface area (Å²) >= 11 is 5.88. The Morgan fingerprint density at radius 2 is 2.11 bits per heavy atom. The van der Waals surface area contributed by atoms with Crippen LogP contribution in [0.5, 0.6) is 5.75 Å². The van der Waals surface area contributed by atoms with Crippen molar-refractivity contribution in [1.29, 1.82) is 0 Å². The zero-order chi connectivity index (χ0) is 14.4. The number of amides is 1. The van der Waals surface area contributed by atoms with Gasteiger partial charge in [-0.2, -0.15) is 0 Å². The third-order valence-electron chi connectivity index (χ3n) is 2.22. The Kier molecular flexibility index (Phi) is 5.63. The average molecular weight is 286 g/mol. The first kappa shape index (κ1) is 15.3. The second-order valence-corrected chi connectivity index (χ2v) is 4.68. The second-order valence-electron chi connectivity index (χ2n) is 4.27. The molecule has 0 aromatic heterocycles. The zero-order valence-corrected chi connectivity index (χ0v) is 11.5. The number of rotatable bonds is 6. The van der Waals surface area contributed by atoms with Gasteiger partial charge in [0, 0.05) is 6.04 Å². The van der Waals surface area contributed by atoms with Crippen LogP contribution in [0.25, 0.3) is 0 Å². The molecule has 104 valence electrons. The first-order valence-corrected chi connectivity index (χ1v) is 6.23. The highest BCUT2D eigenvalue weighted by atomic mass is 35.5. The van der Waals surface area contributed by atoms with Gasteiger partial charge in [0.05, 0.1) is 23.6 Å². The first-order chi connectivity index (χ1) is 8.90. The predicted molar refractivity (Wildman–Crippen MR) is 71.8 cm³/mol. The van der Waals surface area contributed by atoms with E-state index < -0.39 is 5.97 Å². The summed E-state index contributed by atoms with van der Waals surface area (Å²) in [5.41, 5.74) is 0.0925. The van der Waals surface area contributed by atoms with Crippen molar-refractivity contribution in [2.24, 2.45) is 0 Å². The second kappa shape index (κ2) is 6.99. The molecule has 5 nitrogen and oxygen atoms in total. The third-order valence-corrected chi connectivity index (χ3v) is 2.51. The minimum absolute atomic E-state index is 0.0888. The van der Waals surface area contributed by atoms with Gasteiger partial charge in [-0.3, -0.25) is 4.79 Å². The molecule has 19 heavy (non-hydrogen) atoms. The molecular weight excluding hydrogens is 270 g/mol. The molecule has 1 aromatic rings. The van der Waals surface area contributed by atoms with Crippen LogP contribution in [-0.2, 0) is 4.79 Å². The van der Waals surface area contributed by atoms with Crippen molar-refractivity contribution >= 4 is 23.5 Å². The van der Waals surface area contributed by atoms with E-state index in [2.05, 4.69) is 5.32 Å². The van der Waals surface area contributed by atoms with Gasteiger partial charge in [0.15, 0.2) is 0 Å². The van der Waals surface area contributed by atoms with Crippen LogP contribution >= 0.6 is 11.6 Å². The average Bonchev–Trinajstić information content (AvgIpc) is 2.29. The van der Waals surface area contributed by atoms with E-state index in [1.165, 1.54) is 18.2 Å². The highest BCUT2D eigenvalue weighted by Crippen LogP contribution is 2.25. The standard InChI is InChI=1S/C13H16ClNO4/c1-8(2)15-12(16)5-6-19-11-4-3-9(13(17)18)7-10(11)14/h3-4,7-8H,5-6H2,1-2H3,(H,15,16)(H,17,18). The lowest BCUT2D eigenvalue weighted by Gasteiger charge is -2.10. The van der Waals surface area contributed by atoms with Crippen LogP contribution < -0.4 is 10.1 Å². The minimum Gasteiger partial charge on any atom is -0.491 e. The van der Waals surface area contributed by atoms with E-state index in [-0.39, 0.29) is 35.6 Å². The summed E-state index contributed by atoms with van der Waals surface area (Å²) < 4.78 is 5.34. The molecule has 0 heterocycles. The minimum atomic E-state index is -1.05. The highest BCUT2D eigenvalue weighted by molar-refractivity contribution is 6.32. The molecule has 0 saturated carbocycles. The number of hydrogen-bond donors (Lipinski definition) is 2. The molecule has 1 aromatic carbocycles. The monoisotopic (exact) mass is 285 g/mol. The fourth-order valence-corrected chi connectivity index (χ4v) is 1.63. The van der Waals surface area contributed by atoms with Gasteiger partial charge in [-0.25, -0.2) is 4.79 Å². The first-order valence-electron chi connectivity index (χ1n) is 5.85. The fraction of sp³-hybridized carbons (Fsp3) is 0.385. The van der Waals surface area contributed by atoms with Crippen LogP contribution in [0.4, 0.5) is 0 Å². The maximum Gasteiger partial charge on any atom is 0.335 e. The summed E-state index contributed by atoms with van der Waals surface area (Å²) in [4.78, 5) is 22.1. The lowest BCUT2D eigenvalue weighted by atomic mass is 10.2. The molecule has 0 fully saturated rings. The van der Waals surface area contributed by atoms with E-state index in [0.29, 0.717) is 5.75 Å². The SMILES string of the molecule is CC(C)NC(=O)CCOc1ccc(C(=O)O)cc1Cl. The largest absolute Gasteiger partial charge is 0.491 e. The highest BCUT2D eigenvalue weighted by Gasteiger charge is 2.09. The molecule has 2 N–H and O–H groups in total. The Morgan fingerprint density at radius 3 is 2.63 bits per heavy atom. The third kappa shape index (κ3) is 5.18. The van der Waals surface area contributed by atoms with Gasteiger partial charge in [-0.05, 0) is 32.0 Å². The van der Waals surface area contributed by atoms with Crippen molar-refractivity contribution in [3.05, 3.63) is 28.8 Å². The van der Waals surface area contributed by atoms with Crippen molar-refractivity contribution < 1.29 is 19.4 Å². The summed E-state index contributed by atoms with van der Waals surface area (Å²) in [6.07, 6.45) is 0.217. The number of carboxylic acid groups (broad SMARTS) is 1. The molecule has 0 aliphatic carbocycles. The maximum atomic E-state index is 11.4. The summed E-state index contributed by atoms with van der Waals surface area (Å²) in [6.45, 7) is 3.94. The molecule has 0 aliphatic rings. The predicted octanol–water partition coefficient (Wildman–Crippen LogP) is 2.33. The topological polar surface area (TPSA) is 75.6 Å². The smallest absolute Gasteiger partial charge is 0.335 e. The lowest BCUT2D eigenvalue weighted by molar-refractivity contribution is -0.122. The lowest BCUT2D eigenvalue weighted by Crippen LogP contribution is -2.31. The van der Waals surface area contributed by atoms with E-state index in [1.807, 2.05) is 13.8 Å². The number of hydrogen-bond acceptors (Lipinski definition) is 3. The molecule has 6 heteroatoms. The number of nitrogens with one attached hydrogen (secondary N) is 1. The number of carboxylic acids is 1. The summed E-state index contributed by atoms with van der Waals surface area (Å²) in [5.74, 6) is -0.790. The molecule has 0 atom stereocenters. The van der Waals surface area contributed by atoms with Crippen molar-refractivity contribution in [2.75, 3.05) is 6.61 Å². The van der Waals surface area contributed by atoms with Crippen LogP contribution in [0.3, 0.4) is 0 Å². The van der Waals surface area contributed by atoms with Crippen LogP contribution in [-0.4, -0.2) is 29.6 Å². The molecular formula is C13H16ClNO4. The molecule has 0 bridgehead atoms. The van der Waals surface area contributed by atoms with Crippen LogP contribution in [0.1, 0.15) is 30.6 Å².